The molecule has 0 unspecified atom stereocenters. The van der Waals surface area contributed by atoms with Crippen molar-refractivity contribution in [3.8, 4) is 0 Å². The molecule has 154 valence electrons. The van der Waals surface area contributed by atoms with Crippen molar-refractivity contribution < 1.29 is 22.7 Å². The Morgan fingerprint density at radius 2 is 2.11 bits per heavy atom. The minimum absolute atomic E-state index is 0.0176. The zero-order chi connectivity index (χ0) is 20.5. The summed E-state index contributed by atoms with van der Waals surface area (Å²) < 4.78 is 40.3. The largest absolute Gasteiger partial charge is 0.481 e. The number of carboxylic acid groups (broad SMARTS) is 1. The smallest absolute Gasteiger partial charge is 0.303 e. The van der Waals surface area contributed by atoms with Crippen molar-refractivity contribution in [1.82, 2.24) is 4.31 Å². The van der Waals surface area contributed by atoms with Crippen LogP contribution in [0.2, 0.25) is 0 Å². The SMILES string of the molecule is CC(C)S(=O)(=O)N1CC[C@@H](CC(=O)O)[C@@H](CC2=NCCc3cc(F)ccc32)C1. The maximum absolute atomic E-state index is 13.6. The molecule has 1 saturated heterocycles. The predicted octanol–water partition coefficient (Wildman–Crippen LogP) is 2.71. The second-order valence-electron chi connectivity index (χ2n) is 7.94. The van der Waals surface area contributed by atoms with Crippen molar-refractivity contribution in [3.05, 3.63) is 35.1 Å². The number of nitrogens with zero attached hydrogens (tertiary/aromatic N) is 2. The Morgan fingerprint density at radius 3 is 2.79 bits per heavy atom. The maximum atomic E-state index is 13.6. The van der Waals surface area contributed by atoms with Crippen molar-refractivity contribution in [2.75, 3.05) is 19.6 Å². The molecule has 6 nitrogen and oxygen atoms in total. The molecule has 2 heterocycles. The van der Waals surface area contributed by atoms with E-state index in [1.165, 1.54) is 16.4 Å². The first-order valence-electron chi connectivity index (χ1n) is 9.71. The van der Waals surface area contributed by atoms with Gasteiger partial charge in [-0.1, -0.05) is 0 Å². The summed E-state index contributed by atoms with van der Waals surface area (Å²) >= 11 is 0. The Bertz CT molecular complexity index is 882. The number of halogens is 1. The van der Waals surface area contributed by atoms with E-state index in [0.717, 1.165) is 16.8 Å². The van der Waals surface area contributed by atoms with Crippen molar-refractivity contribution in [2.24, 2.45) is 16.8 Å². The molecule has 1 fully saturated rings. The number of fused-ring (bicyclic) bond motifs is 1. The van der Waals surface area contributed by atoms with Gasteiger partial charge < -0.3 is 5.11 Å². The summed E-state index contributed by atoms with van der Waals surface area (Å²) in [7, 11) is -3.40. The molecule has 0 aromatic heterocycles. The standard InChI is InChI=1S/C20H27FN2O4S/c1-13(2)28(26,27)23-8-6-14(11-20(24)25)16(12-23)10-19-18-4-3-17(21)9-15(18)5-7-22-19/h3-4,9,13-14,16H,5-8,10-12H2,1-2H3,(H,24,25)/t14-,16-/m0/s1. The molecular formula is C20H27FN2O4S. The van der Waals surface area contributed by atoms with Gasteiger partial charge in [-0.25, -0.2) is 17.1 Å². The molecule has 3 rings (SSSR count). The summed E-state index contributed by atoms with van der Waals surface area (Å²) in [6, 6.07) is 4.65. The Labute approximate surface area is 165 Å². The van der Waals surface area contributed by atoms with Crippen LogP contribution in [0.5, 0.6) is 0 Å². The van der Waals surface area contributed by atoms with Crippen LogP contribution in [0, 0.1) is 17.7 Å². The number of sulfonamides is 1. The van der Waals surface area contributed by atoms with Gasteiger partial charge in [0, 0.05) is 31.8 Å². The van der Waals surface area contributed by atoms with E-state index >= 15 is 0 Å². The van der Waals surface area contributed by atoms with Gasteiger partial charge in [0.1, 0.15) is 5.82 Å². The molecule has 0 radical (unpaired) electrons. The van der Waals surface area contributed by atoms with Crippen LogP contribution in [0.1, 0.15) is 44.2 Å². The van der Waals surface area contributed by atoms with Crippen molar-refractivity contribution >= 4 is 21.7 Å². The van der Waals surface area contributed by atoms with E-state index in [0.29, 0.717) is 38.9 Å². The number of benzene rings is 1. The average Bonchev–Trinajstić information content (AvgIpc) is 2.62. The highest BCUT2D eigenvalue weighted by Gasteiger charge is 2.37. The number of hydrogen-bond acceptors (Lipinski definition) is 4. The monoisotopic (exact) mass is 410 g/mol. The molecular weight excluding hydrogens is 383 g/mol. The van der Waals surface area contributed by atoms with Gasteiger partial charge in [0.25, 0.3) is 0 Å². The molecule has 0 bridgehead atoms. The fourth-order valence-electron chi connectivity index (χ4n) is 4.17. The van der Waals surface area contributed by atoms with Crippen molar-refractivity contribution in [3.63, 3.8) is 0 Å². The first kappa shape index (κ1) is 20.9. The zero-order valence-corrected chi connectivity index (χ0v) is 17.1. The molecule has 0 saturated carbocycles. The third-order valence-electron chi connectivity index (χ3n) is 5.76. The third kappa shape index (κ3) is 4.43. The van der Waals surface area contributed by atoms with Crippen LogP contribution in [-0.4, -0.2) is 54.4 Å². The fraction of sp³-hybridized carbons (Fsp3) is 0.600. The lowest BCUT2D eigenvalue weighted by atomic mass is 9.79. The second kappa shape index (κ2) is 8.29. The number of carboxylic acids is 1. The average molecular weight is 411 g/mol. The molecule has 2 atom stereocenters. The van der Waals surface area contributed by atoms with E-state index in [4.69, 9.17) is 0 Å². The first-order chi connectivity index (χ1) is 13.2. The summed E-state index contributed by atoms with van der Waals surface area (Å²) in [5.41, 5.74) is 2.62. The van der Waals surface area contributed by atoms with E-state index in [-0.39, 0.29) is 24.1 Å². The Balaban J connectivity index is 1.85. The summed E-state index contributed by atoms with van der Waals surface area (Å²) in [5, 5.41) is 8.77. The van der Waals surface area contributed by atoms with E-state index in [1.807, 2.05) is 0 Å². The van der Waals surface area contributed by atoms with Crippen molar-refractivity contribution in [2.45, 2.75) is 44.8 Å². The van der Waals surface area contributed by atoms with E-state index in [9.17, 15) is 22.7 Å². The molecule has 2 aliphatic rings. The molecule has 0 aliphatic carbocycles. The number of aliphatic carboxylic acids is 1. The van der Waals surface area contributed by atoms with Gasteiger partial charge in [0.2, 0.25) is 10.0 Å². The zero-order valence-electron chi connectivity index (χ0n) is 16.3. The quantitative estimate of drug-likeness (QED) is 0.781. The summed E-state index contributed by atoms with van der Waals surface area (Å²) in [4.78, 5) is 15.9. The first-order valence-corrected chi connectivity index (χ1v) is 11.2. The Kier molecular flexibility index (Phi) is 6.19. The number of piperidine rings is 1. The highest BCUT2D eigenvalue weighted by Crippen LogP contribution is 2.33. The Hall–Kier alpha value is -1.80. The lowest BCUT2D eigenvalue weighted by Crippen LogP contribution is -2.47. The number of hydrogen-bond donors (Lipinski definition) is 1. The molecule has 1 aromatic carbocycles. The topological polar surface area (TPSA) is 87.0 Å². The summed E-state index contributed by atoms with van der Waals surface area (Å²) in [6.45, 7) is 4.53. The molecule has 0 spiro atoms. The highest BCUT2D eigenvalue weighted by atomic mass is 32.2. The van der Waals surface area contributed by atoms with Crippen LogP contribution in [0.15, 0.2) is 23.2 Å². The van der Waals surface area contributed by atoms with Crippen LogP contribution in [0.25, 0.3) is 0 Å². The van der Waals surface area contributed by atoms with Gasteiger partial charge in [-0.2, -0.15) is 0 Å². The van der Waals surface area contributed by atoms with Gasteiger partial charge in [0.15, 0.2) is 0 Å². The second-order valence-corrected chi connectivity index (χ2v) is 10.4. The van der Waals surface area contributed by atoms with Gasteiger partial charge >= 0.3 is 5.97 Å². The third-order valence-corrected chi connectivity index (χ3v) is 8.01. The van der Waals surface area contributed by atoms with Crippen LogP contribution in [-0.2, 0) is 21.2 Å². The summed E-state index contributed by atoms with van der Waals surface area (Å²) in [5.74, 6) is -1.39. The van der Waals surface area contributed by atoms with E-state index < -0.39 is 21.2 Å². The number of carbonyl (C=O) groups is 1. The van der Waals surface area contributed by atoms with E-state index in [2.05, 4.69) is 4.99 Å². The molecule has 28 heavy (non-hydrogen) atoms. The van der Waals surface area contributed by atoms with Gasteiger partial charge in [-0.15, -0.1) is 0 Å². The van der Waals surface area contributed by atoms with Crippen LogP contribution in [0.3, 0.4) is 0 Å². The normalized spacial score (nSPS) is 23.4. The van der Waals surface area contributed by atoms with Gasteiger partial charge in [-0.05, 0) is 74.3 Å². The van der Waals surface area contributed by atoms with Gasteiger partial charge in [-0.3, -0.25) is 9.79 Å². The number of aliphatic imine (C=N–C) groups is 1. The predicted molar refractivity (Wildman–Crippen MR) is 106 cm³/mol. The molecule has 1 N–H and O–H groups in total. The molecule has 8 heteroatoms. The Morgan fingerprint density at radius 1 is 1.36 bits per heavy atom. The lowest BCUT2D eigenvalue weighted by Gasteiger charge is -2.38. The lowest BCUT2D eigenvalue weighted by molar-refractivity contribution is -0.138. The minimum Gasteiger partial charge on any atom is -0.481 e. The van der Waals surface area contributed by atoms with Gasteiger partial charge in [0.05, 0.1) is 5.25 Å². The molecule has 1 aromatic rings. The maximum Gasteiger partial charge on any atom is 0.303 e. The van der Waals surface area contributed by atoms with E-state index in [1.54, 1.807) is 19.9 Å². The molecule has 2 aliphatic heterocycles. The molecule has 0 amide bonds. The summed E-state index contributed by atoms with van der Waals surface area (Å²) in [6.07, 6.45) is 1.71. The van der Waals surface area contributed by atoms with Crippen LogP contribution >= 0.6 is 0 Å². The van der Waals surface area contributed by atoms with Crippen LogP contribution in [0.4, 0.5) is 4.39 Å². The van der Waals surface area contributed by atoms with Crippen molar-refractivity contribution in [1.29, 1.82) is 0 Å². The highest BCUT2D eigenvalue weighted by molar-refractivity contribution is 7.89. The fourth-order valence-corrected chi connectivity index (χ4v) is 5.53. The number of rotatable bonds is 6. The minimum atomic E-state index is -3.40. The van der Waals surface area contributed by atoms with Crippen LogP contribution < -0.4 is 0 Å².